The zero-order valence-corrected chi connectivity index (χ0v) is 18.1. The molecule has 0 aliphatic heterocycles. The first-order chi connectivity index (χ1) is 16.2. The molecule has 0 aliphatic carbocycles. The molecule has 0 aliphatic rings. The highest BCUT2D eigenvalue weighted by atomic mass is 16.1. The van der Waals surface area contributed by atoms with Crippen LogP contribution in [0.3, 0.4) is 0 Å². The zero-order chi connectivity index (χ0) is 22.6. The summed E-state index contributed by atoms with van der Waals surface area (Å²) in [5.41, 5.74) is 14.8. The van der Waals surface area contributed by atoms with E-state index in [1.165, 1.54) is 5.56 Å². The van der Waals surface area contributed by atoms with Crippen molar-refractivity contribution in [3.63, 3.8) is 0 Å². The molecule has 0 fully saturated rings. The van der Waals surface area contributed by atoms with Crippen LogP contribution in [0.5, 0.6) is 0 Å². The van der Waals surface area contributed by atoms with Crippen LogP contribution in [0, 0.1) is 0 Å². The van der Waals surface area contributed by atoms with Crippen molar-refractivity contribution in [2.24, 2.45) is 5.73 Å². The molecule has 2 nitrogen and oxygen atoms in total. The summed E-state index contributed by atoms with van der Waals surface area (Å²) in [5, 5.41) is 0. The molecule has 2 heteroatoms. The van der Waals surface area contributed by atoms with Crippen molar-refractivity contribution < 1.29 is 4.79 Å². The average molecular weight is 426 g/mol. The predicted molar refractivity (Wildman–Crippen MR) is 137 cm³/mol. The molecule has 0 atom stereocenters. The van der Waals surface area contributed by atoms with Gasteiger partial charge in [-0.25, -0.2) is 0 Å². The number of carbonyl (C=O) groups is 1. The molecular weight excluding hydrogens is 402 g/mol. The molecule has 0 radical (unpaired) electrons. The summed E-state index contributed by atoms with van der Waals surface area (Å²) in [6.07, 6.45) is 0. The number of hydrogen-bond donors (Lipinski definition) is 1. The minimum atomic E-state index is -0.431. The maximum atomic E-state index is 12.3. The molecule has 0 unspecified atom stereocenters. The third kappa shape index (κ3) is 4.19. The van der Waals surface area contributed by atoms with E-state index in [9.17, 15) is 4.79 Å². The highest BCUT2D eigenvalue weighted by Crippen LogP contribution is 2.36. The second-order valence-electron chi connectivity index (χ2n) is 7.98. The van der Waals surface area contributed by atoms with Gasteiger partial charge < -0.3 is 5.73 Å². The number of amides is 1. The van der Waals surface area contributed by atoms with E-state index in [0.29, 0.717) is 5.56 Å². The third-order valence-electron chi connectivity index (χ3n) is 5.91. The second-order valence-corrected chi connectivity index (χ2v) is 7.98. The molecule has 0 heterocycles. The maximum Gasteiger partial charge on any atom is 0.249 e. The second kappa shape index (κ2) is 8.97. The Morgan fingerprint density at radius 3 is 1.33 bits per heavy atom. The zero-order valence-electron chi connectivity index (χ0n) is 18.1. The quantitative estimate of drug-likeness (QED) is 0.312. The Hall–Kier alpha value is -4.43. The molecule has 0 spiro atoms. The van der Waals surface area contributed by atoms with E-state index in [1.807, 2.05) is 48.5 Å². The molecule has 0 saturated carbocycles. The van der Waals surface area contributed by atoms with Gasteiger partial charge in [0, 0.05) is 11.1 Å². The van der Waals surface area contributed by atoms with Gasteiger partial charge in [-0.2, -0.15) is 0 Å². The number of rotatable bonds is 5. The van der Waals surface area contributed by atoms with Crippen molar-refractivity contribution >= 4 is 5.91 Å². The molecule has 158 valence electrons. The Morgan fingerprint density at radius 1 is 0.424 bits per heavy atom. The first kappa shape index (κ1) is 20.5. The van der Waals surface area contributed by atoms with Crippen molar-refractivity contribution in [1.82, 2.24) is 0 Å². The average Bonchev–Trinajstić information content (AvgIpc) is 2.89. The fraction of sp³-hybridized carbons (Fsp3) is 0. The molecule has 0 bridgehead atoms. The van der Waals surface area contributed by atoms with E-state index in [-0.39, 0.29) is 0 Å². The lowest BCUT2D eigenvalue weighted by atomic mass is 9.89. The van der Waals surface area contributed by atoms with Gasteiger partial charge in [-0.1, -0.05) is 121 Å². The first-order valence-electron chi connectivity index (χ1n) is 11.0. The van der Waals surface area contributed by atoms with Crippen molar-refractivity contribution in [2.75, 3.05) is 0 Å². The van der Waals surface area contributed by atoms with Crippen LogP contribution >= 0.6 is 0 Å². The van der Waals surface area contributed by atoms with Crippen LogP contribution in [0.15, 0.2) is 127 Å². The molecule has 1 amide bonds. The molecule has 2 N–H and O–H groups in total. The third-order valence-corrected chi connectivity index (χ3v) is 5.91. The van der Waals surface area contributed by atoms with Gasteiger partial charge in [0.25, 0.3) is 0 Å². The molecule has 33 heavy (non-hydrogen) atoms. The van der Waals surface area contributed by atoms with Crippen LogP contribution < -0.4 is 5.73 Å². The summed E-state index contributed by atoms with van der Waals surface area (Å²) in [6.45, 7) is 0. The molecule has 5 rings (SSSR count). The minimum absolute atomic E-state index is 0.431. The summed E-state index contributed by atoms with van der Waals surface area (Å²) in [5.74, 6) is -0.431. The van der Waals surface area contributed by atoms with Gasteiger partial charge in [0.2, 0.25) is 5.91 Å². The summed E-state index contributed by atoms with van der Waals surface area (Å²) < 4.78 is 0. The van der Waals surface area contributed by atoms with E-state index in [2.05, 4.69) is 72.8 Å². The summed E-state index contributed by atoms with van der Waals surface area (Å²) in [6, 6.07) is 43.0. The van der Waals surface area contributed by atoms with Crippen LogP contribution in [0.25, 0.3) is 44.5 Å². The number of hydrogen-bond acceptors (Lipinski definition) is 1. The molecule has 0 aromatic heterocycles. The van der Waals surface area contributed by atoms with Crippen LogP contribution in [0.1, 0.15) is 10.4 Å². The SMILES string of the molecule is NC(=O)c1cccc(-c2ccc(-c3ccccc3)cc2)c1-c1ccc(-c2ccccc2)cc1. The Morgan fingerprint density at radius 2 is 0.848 bits per heavy atom. The van der Waals surface area contributed by atoms with Gasteiger partial charge in [-0.15, -0.1) is 0 Å². The highest BCUT2D eigenvalue weighted by Gasteiger charge is 2.16. The van der Waals surface area contributed by atoms with E-state index < -0.39 is 5.91 Å². The van der Waals surface area contributed by atoms with Gasteiger partial charge in [0.1, 0.15) is 0 Å². The van der Waals surface area contributed by atoms with Crippen molar-refractivity contribution in [2.45, 2.75) is 0 Å². The Balaban J connectivity index is 1.59. The highest BCUT2D eigenvalue weighted by molar-refractivity contribution is 6.04. The number of nitrogens with two attached hydrogens (primary N) is 1. The maximum absolute atomic E-state index is 12.3. The van der Waals surface area contributed by atoms with Crippen LogP contribution in [0.4, 0.5) is 0 Å². The normalized spacial score (nSPS) is 10.7. The van der Waals surface area contributed by atoms with Gasteiger partial charge in [0.15, 0.2) is 0 Å². The van der Waals surface area contributed by atoms with Crippen LogP contribution in [-0.4, -0.2) is 5.91 Å². The lowest BCUT2D eigenvalue weighted by molar-refractivity contribution is 0.100. The topological polar surface area (TPSA) is 43.1 Å². The number of primary amides is 1. The lowest BCUT2D eigenvalue weighted by Crippen LogP contribution is -2.12. The first-order valence-corrected chi connectivity index (χ1v) is 11.0. The summed E-state index contributed by atoms with van der Waals surface area (Å²) in [4.78, 5) is 12.3. The monoisotopic (exact) mass is 425 g/mol. The van der Waals surface area contributed by atoms with Gasteiger partial charge in [0.05, 0.1) is 0 Å². The Bertz CT molecular complexity index is 1390. The van der Waals surface area contributed by atoms with Crippen LogP contribution in [-0.2, 0) is 0 Å². The van der Waals surface area contributed by atoms with Crippen molar-refractivity contribution in [3.05, 3.63) is 133 Å². The van der Waals surface area contributed by atoms with Gasteiger partial charge >= 0.3 is 0 Å². The number of carbonyl (C=O) groups excluding carboxylic acids is 1. The van der Waals surface area contributed by atoms with E-state index in [1.54, 1.807) is 6.07 Å². The molecule has 5 aromatic rings. The molecular formula is C31H23NO. The fourth-order valence-corrected chi connectivity index (χ4v) is 4.24. The largest absolute Gasteiger partial charge is 0.366 e. The van der Waals surface area contributed by atoms with E-state index in [0.717, 1.165) is 38.9 Å². The van der Waals surface area contributed by atoms with Crippen molar-refractivity contribution in [3.8, 4) is 44.5 Å². The molecule has 5 aromatic carbocycles. The Kier molecular flexibility index (Phi) is 5.57. The van der Waals surface area contributed by atoms with E-state index in [4.69, 9.17) is 5.73 Å². The Labute approximate surface area is 194 Å². The summed E-state index contributed by atoms with van der Waals surface area (Å²) >= 11 is 0. The van der Waals surface area contributed by atoms with Crippen molar-refractivity contribution in [1.29, 1.82) is 0 Å². The van der Waals surface area contributed by atoms with E-state index >= 15 is 0 Å². The minimum Gasteiger partial charge on any atom is -0.366 e. The lowest BCUT2D eigenvalue weighted by Gasteiger charge is -2.15. The predicted octanol–water partition coefficient (Wildman–Crippen LogP) is 7.45. The van der Waals surface area contributed by atoms with Crippen LogP contribution in [0.2, 0.25) is 0 Å². The van der Waals surface area contributed by atoms with Gasteiger partial charge in [-0.05, 0) is 45.0 Å². The number of benzene rings is 5. The summed E-state index contributed by atoms with van der Waals surface area (Å²) in [7, 11) is 0. The smallest absolute Gasteiger partial charge is 0.249 e. The molecule has 0 saturated heterocycles. The van der Waals surface area contributed by atoms with Gasteiger partial charge in [-0.3, -0.25) is 4.79 Å². The fourth-order valence-electron chi connectivity index (χ4n) is 4.24. The standard InChI is InChI=1S/C31H23NO/c32-31(33)29-13-7-12-28(26-18-14-24(15-19-26)22-8-3-1-4-9-22)30(29)27-20-16-25(17-21-27)23-10-5-2-6-11-23/h1-21H,(H2,32,33).